The van der Waals surface area contributed by atoms with E-state index >= 15 is 0 Å². The minimum absolute atomic E-state index is 0.00681. The molecule has 0 saturated heterocycles. The number of hydrogen-bond acceptors (Lipinski definition) is 3. The Morgan fingerprint density at radius 1 is 1.40 bits per heavy atom. The quantitative estimate of drug-likeness (QED) is 0.853. The Hall–Kier alpha value is -1.23. The largest absolute Gasteiger partial charge is 0.311 e. The number of aromatic nitrogens is 1. The molecule has 0 aliphatic carbocycles. The molecule has 1 rings (SSSR count). The number of anilines is 1. The van der Waals surface area contributed by atoms with E-state index < -0.39 is 0 Å². The zero-order valence-electron chi connectivity index (χ0n) is 8.29. The number of carbonyl (C=O) groups is 2. The summed E-state index contributed by atoms with van der Waals surface area (Å²) in [5.74, 6) is 0.293. The number of nitrogens with zero attached hydrogens (tertiary/aromatic N) is 1. The molecule has 5 heteroatoms. The number of halogens is 1. The first-order valence-corrected chi connectivity index (χ1v) is 5.29. The number of hydrogen-bond donors (Lipinski definition) is 1. The minimum atomic E-state index is -0.198. The van der Waals surface area contributed by atoms with Crippen molar-refractivity contribution in [1.82, 2.24) is 4.98 Å². The van der Waals surface area contributed by atoms with E-state index in [4.69, 9.17) is 0 Å². The summed E-state index contributed by atoms with van der Waals surface area (Å²) < 4.78 is 0.659. The number of nitrogens with one attached hydrogen (secondary N) is 1. The maximum absolute atomic E-state index is 11.3. The summed E-state index contributed by atoms with van der Waals surface area (Å²) in [6.07, 6.45) is 0.462. The Morgan fingerprint density at radius 3 is 2.73 bits per heavy atom. The first kappa shape index (κ1) is 11.8. The third-order valence-corrected chi connectivity index (χ3v) is 2.13. The van der Waals surface area contributed by atoms with Crippen molar-refractivity contribution in [3.8, 4) is 0 Å². The summed E-state index contributed by atoms with van der Waals surface area (Å²) in [4.78, 5) is 26.0. The van der Waals surface area contributed by atoms with Crippen LogP contribution >= 0.6 is 15.9 Å². The lowest BCUT2D eigenvalue weighted by molar-refractivity contribution is -0.121. The smallest absolute Gasteiger partial charge is 0.225 e. The van der Waals surface area contributed by atoms with E-state index in [1.165, 1.54) is 6.92 Å². The van der Waals surface area contributed by atoms with Gasteiger partial charge in [-0.1, -0.05) is 6.07 Å². The molecule has 0 aromatic carbocycles. The van der Waals surface area contributed by atoms with Gasteiger partial charge in [-0.3, -0.25) is 4.79 Å². The van der Waals surface area contributed by atoms with Crippen LogP contribution in [0.1, 0.15) is 19.8 Å². The zero-order valence-corrected chi connectivity index (χ0v) is 9.87. The molecule has 15 heavy (non-hydrogen) atoms. The van der Waals surface area contributed by atoms with Crippen molar-refractivity contribution in [2.24, 2.45) is 0 Å². The molecule has 1 amide bonds. The van der Waals surface area contributed by atoms with Crippen LogP contribution in [0.25, 0.3) is 0 Å². The summed E-state index contributed by atoms with van der Waals surface area (Å²) >= 11 is 3.20. The van der Waals surface area contributed by atoms with Crippen molar-refractivity contribution >= 4 is 33.4 Å². The summed E-state index contributed by atoms with van der Waals surface area (Å²) in [6, 6.07) is 5.24. The van der Waals surface area contributed by atoms with E-state index in [0.717, 1.165) is 0 Å². The van der Waals surface area contributed by atoms with Gasteiger partial charge >= 0.3 is 0 Å². The predicted molar refractivity (Wildman–Crippen MR) is 60.5 cm³/mol. The lowest BCUT2D eigenvalue weighted by Crippen LogP contribution is -2.13. The van der Waals surface area contributed by atoms with Gasteiger partial charge in [-0.05, 0) is 35.0 Å². The van der Waals surface area contributed by atoms with E-state index in [9.17, 15) is 9.59 Å². The van der Waals surface area contributed by atoms with Gasteiger partial charge in [-0.2, -0.15) is 0 Å². The second kappa shape index (κ2) is 5.60. The Bertz CT molecular complexity index is 379. The van der Waals surface area contributed by atoms with E-state index in [1.807, 2.05) is 0 Å². The predicted octanol–water partition coefficient (Wildman–Crippen LogP) is 2.15. The van der Waals surface area contributed by atoms with E-state index in [-0.39, 0.29) is 24.5 Å². The van der Waals surface area contributed by atoms with Gasteiger partial charge in [0, 0.05) is 12.8 Å². The van der Waals surface area contributed by atoms with Crippen LogP contribution in [0.15, 0.2) is 22.8 Å². The highest BCUT2D eigenvalue weighted by molar-refractivity contribution is 9.10. The summed E-state index contributed by atoms with van der Waals surface area (Å²) in [5.41, 5.74) is 0. The molecule has 1 heterocycles. The fourth-order valence-corrected chi connectivity index (χ4v) is 1.32. The van der Waals surface area contributed by atoms with Gasteiger partial charge in [0.15, 0.2) is 0 Å². The molecule has 4 nitrogen and oxygen atoms in total. The van der Waals surface area contributed by atoms with Gasteiger partial charge in [-0.15, -0.1) is 0 Å². The molecule has 0 atom stereocenters. The van der Waals surface area contributed by atoms with E-state index in [0.29, 0.717) is 10.4 Å². The molecule has 1 aromatic heterocycles. The molecule has 0 unspecified atom stereocenters. The Kier molecular flexibility index (Phi) is 4.42. The van der Waals surface area contributed by atoms with Crippen LogP contribution in [0.3, 0.4) is 0 Å². The summed E-state index contributed by atoms with van der Waals surface area (Å²) in [6.45, 7) is 1.46. The van der Waals surface area contributed by atoms with Crippen molar-refractivity contribution < 1.29 is 9.59 Å². The number of carbonyl (C=O) groups excluding carboxylic acids is 2. The highest BCUT2D eigenvalue weighted by Crippen LogP contribution is 2.10. The van der Waals surface area contributed by atoms with Crippen molar-refractivity contribution in [3.63, 3.8) is 0 Å². The molecule has 80 valence electrons. The Morgan fingerprint density at radius 2 is 2.13 bits per heavy atom. The van der Waals surface area contributed by atoms with Crippen molar-refractivity contribution in [3.05, 3.63) is 22.8 Å². The molecule has 0 spiro atoms. The van der Waals surface area contributed by atoms with E-state index in [2.05, 4.69) is 26.2 Å². The van der Waals surface area contributed by atoms with Gasteiger partial charge in [0.2, 0.25) is 5.91 Å². The number of rotatable bonds is 4. The fourth-order valence-electron chi connectivity index (χ4n) is 0.973. The second-order valence-electron chi connectivity index (χ2n) is 3.10. The first-order chi connectivity index (χ1) is 7.08. The molecule has 0 radical (unpaired) electrons. The van der Waals surface area contributed by atoms with Crippen LogP contribution in [0.5, 0.6) is 0 Å². The topological polar surface area (TPSA) is 59.1 Å². The van der Waals surface area contributed by atoms with Crippen LogP contribution in [0.2, 0.25) is 0 Å². The highest BCUT2D eigenvalue weighted by Gasteiger charge is 2.04. The molecule has 1 aromatic rings. The molecule has 0 aliphatic rings. The molecule has 0 saturated carbocycles. The van der Waals surface area contributed by atoms with Crippen molar-refractivity contribution in [2.45, 2.75) is 19.8 Å². The van der Waals surface area contributed by atoms with Gasteiger partial charge in [0.05, 0.1) is 0 Å². The van der Waals surface area contributed by atoms with Crippen LogP contribution in [-0.4, -0.2) is 16.7 Å². The highest BCUT2D eigenvalue weighted by atomic mass is 79.9. The molecule has 0 fully saturated rings. The van der Waals surface area contributed by atoms with Crippen LogP contribution < -0.4 is 5.32 Å². The van der Waals surface area contributed by atoms with Crippen LogP contribution in [-0.2, 0) is 9.59 Å². The Balaban J connectivity index is 2.48. The maximum Gasteiger partial charge on any atom is 0.225 e. The van der Waals surface area contributed by atoms with Crippen LogP contribution in [0, 0.1) is 0 Å². The first-order valence-electron chi connectivity index (χ1n) is 4.50. The average molecular weight is 271 g/mol. The SMILES string of the molecule is CC(=O)CCC(=O)Nc1cccc(Br)n1. The maximum atomic E-state index is 11.3. The molecular weight excluding hydrogens is 260 g/mol. The molecule has 0 aliphatic heterocycles. The molecule has 0 bridgehead atoms. The number of amides is 1. The normalized spacial score (nSPS) is 9.73. The monoisotopic (exact) mass is 270 g/mol. The van der Waals surface area contributed by atoms with Gasteiger partial charge in [0.1, 0.15) is 16.2 Å². The zero-order chi connectivity index (χ0) is 11.3. The standard InChI is InChI=1S/C10H11BrN2O2/c1-7(14)5-6-10(15)13-9-4-2-3-8(11)12-9/h2-4H,5-6H2,1H3,(H,12,13,15). The van der Waals surface area contributed by atoms with Crippen LogP contribution in [0.4, 0.5) is 5.82 Å². The second-order valence-corrected chi connectivity index (χ2v) is 3.91. The molecule has 1 N–H and O–H groups in total. The summed E-state index contributed by atoms with van der Waals surface area (Å²) in [5, 5.41) is 2.61. The Labute approximate surface area is 96.2 Å². The van der Waals surface area contributed by atoms with E-state index in [1.54, 1.807) is 18.2 Å². The average Bonchev–Trinajstić information content (AvgIpc) is 2.15. The van der Waals surface area contributed by atoms with Gasteiger partial charge in [0.25, 0.3) is 0 Å². The third-order valence-electron chi connectivity index (χ3n) is 1.69. The minimum Gasteiger partial charge on any atom is -0.311 e. The van der Waals surface area contributed by atoms with Crippen molar-refractivity contribution in [1.29, 1.82) is 0 Å². The van der Waals surface area contributed by atoms with Gasteiger partial charge < -0.3 is 10.1 Å². The number of ketones is 1. The van der Waals surface area contributed by atoms with Gasteiger partial charge in [-0.25, -0.2) is 4.98 Å². The lowest BCUT2D eigenvalue weighted by Gasteiger charge is -2.03. The van der Waals surface area contributed by atoms with Crippen molar-refractivity contribution in [2.75, 3.05) is 5.32 Å². The fraction of sp³-hybridized carbons (Fsp3) is 0.300. The number of Topliss-reactive ketones (excluding diaryl/α,β-unsaturated/α-hetero) is 1. The lowest BCUT2D eigenvalue weighted by atomic mass is 10.2. The summed E-state index contributed by atoms with van der Waals surface area (Å²) in [7, 11) is 0. The third kappa shape index (κ3) is 4.69. The number of pyridine rings is 1. The molecular formula is C10H11BrN2O2.